The molecule has 0 bridgehead atoms. The van der Waals surface area contributed by atoms with Crippen LogP contribution in [-0.2, 0) is 0 Å². The number of hydrogen-bond donors (Lipinski definition) is 3. The quantitative estimate of drug-likeness (QED) is 0.782. The van der Waals surface area contributed by atoms with Crippen molar-refractivity contribution in [3.63, 3.8) is 0 Å². The lowest BCUT2D eigenvalue weighted by molar-refractivity contribution is -0.0389. The van der Waals surface area contributed by atoms with Crippen molar-refractivity contribution in [3.05, 3.63) is 47.5 Å². The Hall–Kier alpha value is -2.73. The van der Waals surface area contributed by atoms with Crippen LogP contribution in [0.15, 0.2) is 36.4 Å². The van der Waals surface area contributed by atoms with E-state index in [0.29, 0.717) is 11.3 Å². The van der Waals surface area contributed by atoms with E-state index in [0.717, 1.165) is 6.07 Å². The maximum absolute atomic E-state index is 12.6. The molecule has 0 radical (unpaired) electrons. The molecule has 0 saturated heterocycles. The Balaban J connectivity index is 2.04. The van der Waals surface area contributed by atoms with Gasteiger partial charge in [0, 0.05) is 12.1 Å². The van der Waals surface area contributed by atoms with Crippen molar-refractivity contribution >= 4 is 5.78 Å². The fourth-order valence-corrected chi connectivity index (χ4v) is 2.54. The number of phenolic OH excluding ortho intramolecular Hbond substituents is 2. The highest BCUT2D eigenvalue weighted by atomic mass is 16.6. The molecule has 1 aliphatic heterocycles. The van der Waals surface area contributed by atoms with Crippen molar-refractivity contribution in [1.82, 2.24) is 0 Å². The molecule has 0 saturated carbocycles. The van der Waals surface area contributed by atoms with Gasteiger partial charge in [0.25, 0.3) is 0 Å². The number of benzene rings is 2. The molecule has 1 aliphatic rings. The number of aliphatic hydroxyl groups is 1. The number of ether oxygens (including phenoxy) is 2. The molecule has 6 nitrogen and oxygen atoms in total. The van der Waals surface area contributed by atoms with Crippen LogP contribution >= 0.6 is 0 Å². The Morgan fingerprint density at radius 3 is 2.45 bits per heavy atom. The third-order valence-corrected chi connectivity index (χ3v) is 3.60. The minimum absolute atomic E-state index is 0.0419. The first-order valence-corrected chi connectivity index (χ1v) is 6.60. The summed E-state index contributed by atoms with van der Waals surface area (Å²) in [6, 6.07) is 8.87. The molecule has 0 aromatic heterocycles. The third kappa shape index (κ3) is 2.23. The van der Waals surface area contributed by atoms with E-state index in [9.17, 15) is 20.1 Å². The molecule has 1 heterocycles. The van der Waals surface area contributed by atoms with Crippen molar-refractivity contribution in [1.29, 1.82) is 0 Å². The first-order chi connectivity index (χ1) is 10.5. The molecule has 0 spiro atoms. The summed E-state index contributed by atoms with van der Waals surface area (Å²) in [4.78, 5) is 12.6. The first-order valence-electron chi connectivity index (χ1n) is 6.60. The van der Waals surface area contributed by atoms with Gasteiger partial charge in [-0.1, -0.05) is 12.1 Å². The highest BCUT2D eigenvalue weighted by molar-refractivity contribution is 6.06. The lowest BCUT2D eigenvalue weighted by atomic mass is 9.87. The topological polar surface area (TPSA) is 96.2 Å². The van der Waals surface area contributed by atoms with Gasteiger partial charge in [-0.05, 0) is 17.7 Å². The third-order valence-electron chi connectivity index (χ3n) is 3.60. The standard InChI is InChI=1S/C16H14O6/c1-21-10-4-2-8(3-5-10)13-15(19)14-11(18)6-9(17)7-12(14)22-16(13)20/h2-7,13,16-18,20H,1H3/t13-,16-/m1/s1. The summed E-state index contributed by atoms with van der Waals surface area (Å²) in [5.74, 6) is -1.50. The number of Topliss-reactive ketones (excluding diaryl/α,β-unsaturated/α-hetero) is 1. The predicted molar refractivity (Wildman–Crippen MR) is 76.5 cm³/mol. The average Bonchev–Trinajstić information content (AvgIpc) is 2.46. The lowest BCUT2D eigenvalue weighted by Gasteiger charge is -2.29. The number of phenols is 2. The minimum atomic E-state index is -1.41. The maximum Gasteiger partial charge on any atom is 0.211 e. The number of fused-ring (bicyclic) bond motifs is 1. The second kappa shape index (κ2) is 5.23. The molecule has 22 heavy (non-hydrogen) atoms. The van der Waals surface area contributed by atoms with E-state index in [4.69, 9.17) is 9.47 Å². The SMILES string of the molecule is COc1ccc([C@@H]2C(=O)c3c(O)cc(O)cc3O[C@H]2O)cc1. The molecule has 2 aromatic rings. The zero-order valence-electron chi connectivity index (χ0n) is 11.7. The monoisotopic (exact) mass is 302 g/mol. The summed E-state index contributed by atoms with van der Waals surface area (Å²) in [6.07, 6.45) is -1.41. The van der Waals surface area contributed by atoms with E-state index in [-0.39, 0.29) is 22.8 Å². The van der Waals surface area contributed by atoms with Gasteiger partial charge in [-0.25, -0.2) is 0 Å². The van der Waals surface area contributed by atoms with Crippen molar-refractivity contribution in [3.8, 4) is 23.0 Å². The van der Waals surface area contributed by atoms with Crippen LogP contribution in [0.3, 0.4) is 0 Å². The number of rotatable bonds is 2. The second-order valence-electron chi connectivity index (χ2n) is 4.96. The average molecular weight is 302 g/mol. The number of carbonyl (C=O) groups excluding carboxylic acids is 1. The lowest BCUT2D eigenvalue weighted by Crippen LogP contribution is -2.35. The van der Waals surface area contributed by atoms with Gasteiger partial charge in [-0.15, -0.1) is 0 Å². The number of carbonyl (C=O) groups is 1. The molecule has 0 fully saturated rings. The number of aliphatic hydroxyl groups excluding tert-OH is 1. The molecule has 2 atom stereocenters. The van der Waals surface area contributed by atoms with Crippen LogP contribution in [0.2, 0.25) is 0 Å². The molecule has 3 rings (SSSR count). The van der Waals surface area contributed by atoms with Gasteiger partial charge in [-0.3, -0.25) is 4.79 Å². The van der Waals surface area contributed by atoms with E-state index < -0.39 is 18.0 Å². The van der Waals surface area contributed by atoms with Gasteiger partial charge in [-0.2, -0.15) is 0 Å². The van der Waals surface area contributed by atoms with E-state index in [2.05, 4.69) is 0 Å². The van der Waals surface area contributed by atoms with Gasteiger partial charge in [0.05, 0.1) is 7.11 Å². The molecule has 0 aliphatic carbocycles. The Kier molecular flexibility index (Phi) is 3.38. The van der Waals surface area contributed by atoms with Crippen molar-refractivity contribution in [2.75, 3.05) is 7.11 Å². The molecule has 2 aromatic carbocycles. The van der Waals surface area contributed by atoms with Crippen LogP contribution in [-0.4, -0.2) is 34.5 Å². The minimum Gasteiger partial charge on any atom is -0.508 e. The van der Waals surface area contributed by atoms with E-state index in [1.807, 2.05) is 0 Å². The Morgan fingerprint density at radius 1 is 1.14 bits per heavy atom. The zero-order valence-corrected chi connectivity index (χ0v) is 11.7. The van der Waals surface area contributed by atoms with Gasteiger partial charge < -0.3 is 24.8 Å². The van der Waals surface area contributed by atoms with Crippen molar-refractivity contribution in [2.45, 2.75) is 12.2 Å². The van der Waals surface area contributed by atoms with E-state index in [1.54, 1.807) is 24.3 Å². The Labute approximate surface area is 126 Å². The summed E-state index contributed by atoms with van der Waals surface area (Å²) in [6.45, 7) is 0. The van der Waals surface area contributed by atoms with Crippen LogP contribution in [0.4, 0.5) is 0 Å². The highest BCUT2D eigenvalue weighted by Crippen LogP contribution is 2.42. The van der Waals surface area contributed by atoms with Crippen LogP contribution < -0.4 is 9.47 Å². The smallest absolute Gasteiger partial charge is 0.211 e. The molecule has 0 unspecified atom stereocenters. The molecule has 0 amide bonds. The van der Waals surface area contributed by atoms with Gasteiger partial charge in [0.15, 0.2) is 5.78 Å². The summed E-state index contributed by atoms with van der Waals surface area (Å²) < 4.78 is 10.3. The number of ketones is 1. The second-order valence-corrected chi connectivity index (χ2v) is 4.96. The van der Waals surface area contributed by atoms with Crippen LogP contribution in [0.5, 0.6) is 23.0 Å². The maximum atomic E-state index is 12.6. The molecular weight excluding hydrogens is 288 g/mol. The molecule has 3 N–H and O–H groups in total. The Bertz CT molecular complexity index is 722. The van der Waals surface area contributed by atoms with Gasteiger partial charge >= 0.3 is 0 Å². The van der Waals surface area contributed by atoms with Crippen molar-refractivity contribution < 1.29 is 29.6 Å². The molecule has 114 valence electrons. The first kappa shape index (κ1) is 14.2. The van der Waals surface area contributed by atoms with E-state index in [1.165, 1.54) is 13.2 Å². The number of hydrogen-bond acceptors (Lipinski definition) is 6. The Morgan fingerprint density at radius 2 is 1.82 bits per heavy atom. The van der Waals surface area contributed by atoms with Crippen LogP contribution in [0.1, 0.15) is 21.8 Å². The number of aromatic hydroxyl groups is 2. The van der Waals surface area contributed by atoms with Crippen LogP contribution in [0.25, 0.3) is 0 Å². The predicted octanol–water partition coefficient (Wildman–Crippen LogP) is 1.78. The summed E-state index contributed by atoms with van der Waals surface area (Å²) in [5, 5.41) is 29.4. The van der Waals surface area contributed by atoms with Gasteiger partial charge in [0.2, 0.25) is 6.29 Å². The summed E-state index contributed by atoms with van der Waals surface area (Å²) in [7, 11) is 1.53. The fourth-order valence-electron chi connectivity index (χ4n) is 2.54. The molecular formula is C16H14O6. The number of methoxy groups -OCH3 is 1. The highest BCUT2D eigenvalue weighted by Gasteiger charge is 2.39. The normalized spacial score (nSPS) is 20.2. The van der Waals surface area contributed by atoms with Gasteiger partial charge in [0.1, 0.15) is 34.5 Å². The summed E-state index contributed by atoms with van der Waals surface area (Å²) >= 11 is 0. The van der Waals surface area contributed by atoms with Crippen molar-refractivity contribution in [2.24, 2.45) is 0 Å². The fraction of sp³-hybridized carbons (Fsp3) is 0.188. The van der Waals surface area contributed by atoms with E-state index >= 15 is 0 Å². The zero-order chi connectivity index (χ0) is 15.9. The van der Waals surface area contributed by atoms with Crippen LogP contribution in [0, 0.1) is 0 Å². The molecule has 6 heteroatoms. The summed E-state index contributed by atoms with van der Waals surface area (Å²) in [5.41, 5.74) is 0.486. The largest absolute Gasteiger partial charge is 0.508 e.